The zero-order valence-electron chi connectivity index (χ0n) is 12.2. The molecule has 0 spiro atoms. The number of halogens is 1. The molecule has 1 fully saturated rings. The lowest BCUT2D eigenvalue weighted by molar-refractivity contribution is 0.0598. The standard InChI is InChI=1S/C13H20ClN3O3S/c1-3-9-7-5-6-8-17(9)13(18)11-12(21(14,19)20)10(4-2)15-16-11/h9H,3-8H2,1-2H3,(H,15,16). The number of hydrogen-bond donors (Lipinski definition) is 1. The van der Waals surface area contributed by atoms with E-state index >= 15 is 0 Å². The number of piperidine rings is 1. The third-order valence-corrected chi connectivity index (χ3v) is 5.34. The van der Waals surface area contributed by atoms with Gasteiger partial charge in [0.1, 0.15) is 4.90 Å². The number of rotatable bonds is 4. The summed E-state index contributed by atoms with van der Waals surface area (Å²) < 4.78 is 23.5. The maximum absolute atomic E-state index is 12.7. The third kappa shape index (κ3) is 3.23. The van der Waals surface area contributed by atoms with E-state index in [1.807, 2.05) is 6.92 Å². The summed E-state index contributed by atoms with van der Waals surface area (Å²) in [5.41, 5.74) is 0.292. The normalized spacial score (nSPS) is 19.8. The number of H-pyrrole nitrogens is 1. The van der Waals surface area contributed by atoms with Crippen LogP contribution in [0.2, 0.25) is 0 Å². The van der Waals surface area contributed by atoms with Crippen molar-refractivity contribution in [3.63, 3.8) is 0 Å². The second kappa shape index (κ2) is 6.36. The van der Waals surface area contributed by atoms with Gasteiger partial charge in [-0.1, -0.05) is 13.8 Å². The number of likely N-dealkylation sites (tertiary alicyclic amines) is 1. The number of aromatic nitrogens is 2. The van der Waals surface area contributed by atoms with Crippen molar-refractivity contribution < 1.29 is 13.2 Å². The highest BCUT2D eigenvalue weighted by atomic mass is 35.7. The first-order valence-electron chi connectivity index (χ1n) is 7.23. The summed E-state index contributed by atoms with van der Waals surface area (Å²) in [6, 6.07) is 0.138. The van der Waals surface area contributed by atoms with E-state index in [-0.39, 0.29) is 22.5 Å². The smallest absolute Gasteiger partial charge is 0.276 e. The first-order chi connectivity index (χ1) is 9.90. The summed E-state index contributed by atoms with van der Waals surface area (Å²) in [6.07, 6.45) is 4.22. The predicted molar refractivity (Wildman–Crippen MR) is 80.0 cm³/mol. The Morgan fingerprint density at radius 1 is 1.43 bits per heavy atom. The quantitative estimate of drug-likeness (QED) is 0.857. The van der Waals surface area contributed by atoms with E-state index in [0.29, 0.717) is 18.7 Å². The van der Waals surface area contributed by atoms with Crippen LogP contribution >= 0.6 is 10.7 Å². The van der Waals surface area contributed by atoms with E-state index in [9.17, 15) is 13.2 Å². The molecule has 2 rings (SSSR count). The molecule has 2 heterocycles. The monoisotopic (exact) mass is 333 g/mol. The van der Waals surface area contributed by atoms with Gasteiger partial charge in [-0.2, -0.15) is 5.10 Å². The Morgan fingerprint density at radius 2 is 2.14 bits per heavy atom. The van der Waals surface area contributed by atoms with Crippen molar-refractivity contribution in [2.75, 3.05) is 6.54 Å². The minimum Gasteiger partial charge on any atom is -0.334 e. The van der Waals surface area contributed by atoms with E-state index in [2.05, 4.69) is 10.2 Å². The molecule has 1 N–H and O–H groups in total. The van der Waals surface area contributed by atoms with Gasteiger partial charge in [0.2, 0.25) is 0 Å². The van der Waals surface area contributed by atoms with Crippen molar-refractivity contribution >= 4 is 25.6 Å². The summed E-state index contributed by atoms with van der Waals surface area (Å²) in [5, 5.41) is 6.54. The fraction of sp³-hybridized carbons (Fsp3) is 0.692. The molecule has 0 aliphatic carbocycles. The molecule has 0 saturated carbocycles. The highest BCUT2D eigenvalue weighted by Gasteiger charge is 2.33. The van der Waals surface area contributed by atoms with Gasteiger partial charge in [0.25, 0.3) is 15.0 Å². The second-order valence-electron chi connectivity index (χ2n) is 5.23. The topological polar surface area (TPSA) is 83.1 Å². The zero-order valence-corrected chi connectivity index (χ0v) is 13.8. The molecule has 1 aliphatic rings. The average molecular weight is 334 g/mol. The summed E-state index contributed by atoms with van der Waals surface area (Å²) in [5.74, 6) is -0.350. The van der Waals surface area contributed by atoms with Crippen LogP contribution in [0.1, 0.15) is 55.7 Å². The maximum atomic E-state index is 12.7. The van der Waals surface area contributed by atoms with Crippen LogP contribution < -0.4 is 0 Å². The molecule has 1 amide bonds. The number of amides is 1. The molecule has 8 heteroatoms. The van der Waals surface area contributed by atoms with Crippen LogP contribution in [0.25, 0.3) is 0 Å². The van der Waals surface area contributed by atoms with Crippen molar-refractivity contribution in [2.45, 2.75) is 56.9 Å². The molecule has 1 saturated heterocycles. The Kier molecular flexibility index (Phi) is 4.93. The molecule has 1 unspecified atom stereocenters. The molecular formula is C13H20ClN3O3S. The number of aryl methyl sites for hydroxylation is 1. The Morgan fingerprint density at radius 3 is 2.71 bits per heavy atom. The SMILES string of the molecule is CCc1[nH]nc(C(=O)N2CCCCC2CC)c1S(=O)(=O)Cl. The maximum Gasteiger partial charge on any atom is 0.276 e. The average Bonchev–Trinajstić information content (AvgIpc) is 2.90. The van der Waals surface area contributed by atoms with Crippen LogP contribution in [0, 0.1) is 0 Å². The molecule has 0 bridgehead atoms. The highest BCUT2D eigenvalue weighted by Crippen LogP contribution is 2.27. The fourth-order valence-corrected chi connectivity index (χ4v) is 4.19. The molecule has 118 valence electrons. The Bertz CT molecular complexity index is 627. The number of nitrogens with zero attached hydrogens (tertiary/aromatic N) is 2. The second-order valence-corrected chi connectivity index (χ2v) is 7.73. The molecule has 21 heavy (non-hydrogen) atoms. The lowest BCUT2D eigenvalue weighted by Gasteiger charge is -2.34. The number of hydrogen-bond acceptors (Lipinski definition) is 4. The van der Waals surface area contributed by atoms with Crippen LogP contribution in [0.3, 0.4) is 0 Å². The van der Waals surface area contributed by atoms with Crippen molar-refractivity contribution in [3.05, 3.63) is 11.4 Å². The van der Waals surface area contributed by atoms with Crippen molar-refractivity contribution in [1.29, 1.82) is 0 Å². The molecule has 0 aromatic carbocycles. The Labute approximate surface area is 129 Å². The van der Waals surface area contributed by atoms with Crippen LogP contribution in [0.5, 0.6) is 0 Å². The molecule has 1 atom stereocenters. The summed E-state index contributed by atoms with van der Waals surface area (Å²) in [4.78, 5) is 14.2. The van der Waals surface area contributed by atoms with Crippen molar-refractivity contribution in [2.24, 2.45) is 0 Å². The first-order valence-corrected chi connectivity index (χ1v) is 9.53. The van der Waals surface area contributed by atoms with E-state index in [1.54, 1.807) is 11.8 Å². The summed E-state index contributed by atoms with van der Waals surface area (Å²) in [7, 11) is 1.47. The van der Waals surface area contributed by atoms with Gasteiger partial charge in [0.15, 0.2) is 5.69 Å². The van der Waals surface area contributed by atoms with Gasteiger partial charge in [-0.3, -0.25) is 9.89 Å². The summed E-state index contributed by atoms with van der Waals surface area (Å²) in [6.45, 7) is 4.44. The molecule has 1 aromatic heterocycles. The van der Waals surface area contributed by atoms with Gasteiger partial charge in [-0.25, -0.2) is 8.42 Å². The number of nitrogens with one attached hydrogen (secondary N) is 1. The Balaban J connectivity index is 2.42. The fourth-order valence-electron chi connectivity index (χ4n) is 2.84. The lowest BCUT2D eigenvalue weighted by Crippen LogP contribution is -2.43. The van der Waals surface area contributed by atoms with Gasteiger partial charge in [0, 0.05) is 23.3 Å². The molecule has 0 radical (unpaired) electrons. The van der Waals surface area contributed by atoms with Crippen molar-refractivity contribution in [3.8, 4) is 0 Å². The lowest BCUT2D eigenvalue weighted by atomic mass is 9.99. The van der Waals surface area contributed by atoms with Gasteiger partial charge in [-0.15, -0.1) is 0 Å². The minimum atomic E-state index is -4.01. The summed E-state index contributed by atoms with van der Waals surface area (Å²) >= 11 is 0. The van der Waals surface area contributed by atoms with Gasteiger partial charge in [0.05, 0.1) is 5.69 Å². The third-order valence-electron chi connectivity index (χ3n) is 3.95. The van der Waals surface area contributed by atoms with Crippen molar-refractivity contribution in [1.82, 2.24) is 15.1 Å². The zero-order chi connectivity index (χ0) is 15.6. The van der Waals surface area contributed by atoms with Crippen LogP contribution in [0.15, 0.2) is 4.90 Å². The highest BCUT2D eigenvalue weighted by molar-refractivity contribution is 8.13. The van der Waals surface area contributed by atoms with E-state index in [1.165, 1.54) is 0 Å². The number of aromatic amines is 1. The van der Waals surface area contributed by atoms with Gasteiger partial charge >= 0.3 is 0 Å². The predicted octanol–water partition coefficient (Wildman–Crippen LogP) is 2.30. The van der Waals surface area contributed by atoms with Crippen LogP contribution in [-0.2, 0) is 15.5 Å². The largest absolute Gasteiger partial charge is 0.334 e. The van der Waals surface area contributed by atoms with Gasteiger partial charge < -0.3 is 4.90 Å². The van der Waals surface area contributed by atoms with Gasteiger partial charge in [-0.05, 0) is 32.1 Å². The van der Waals surface area contributed by atoms with Crippen LogP contribution in [0.4, 0.5) is 0 Å². The number of carbonyl (C=O) groups excluding carboxylic acids is 1. The van der Waals surface area contributed by atoms with E-state index < -0.39 is 9.05 Å². The Hall–Kier alpha value is -1.08. The minimum absolute atomic E-state index is 0.0813. The van der Waals surface area contributed by atoms with E-state index in [0.717, 1.165) is 25.7 Å². The van der Waals surface area contributed by atoms with Crippen LogP contribution in [-0.4, -0.2) is 42.0 Å². The number of carbonyl (C=O) groups is 1. The molecule has 6 nitrogen and oxygen atoms in total. The molecular weight excluding hydrogens is 314 g/mol. The molecule has 1 aliphatic heterocycles. The molecule has 1 aromatic rings. The first kappa shape index (κ1) is 16.3. The van der Waals surface area contributed by atoms with E-state index in [4.69, 9.17) is 10.7 Å².